The third kappa shape index (κ3) is 4.23. The number of benzene rings is 2. The molecular formula is C23H25ClFN3. The van der Waals surface area contributed by atoms with Crippen LogP contribution in [-0.4, -0.2) is 42.6 Å². The van der Waals surface area contributed by atoms with Crippen molar-refractivity contribution in [3.8, 4) is 11.3 Å². The third-order valence-electron chi connectivity index (χ3n) is 5.55. The van der Waals surface area contributed by atoms with Crippen molar-refractivity contribution in [2.75, 3.05) is 37.6 Å². The van der Waals surface area contributed by atoms with Crippen molar-refractivity contribution in [2.24, 2.45) is 0 Å². The zero-order chi connectivity index (χ0) is 19.5. The van der Waals surface area contributed by atoms with Gasteiger partial charge in [-0.05, 0) is 48.7 Å². The van der Waals surface area contributed by atoms with Gasteiger partial charge < -0.3 is 9.88 Å². The molecule has 3 aromatic rings. The number of nitrogens with one attached hydrogen (secondary N) is 1. The average Bonchev–Trinajstić information content (AvgIpc) is 3.10. The van der Waals surface area contributed by atoms with E-state index in [0.717, 1.165) is 44.8 Å². The summed E-state index contributed by atoms with van der Waals surface area (Å²) < 4.78 is 13.4. The van der Waals surface area contributed by atoms with Crippen LogP contribution in [0.15, 0.2) is 54.6 Å². The summed E-state index contributed by atoms with van der Waals surface area (Å²) in [6.45, 7) is 7.07. The number of aromatic amines is 1. The first kappa shape index (κ1) is 19.0. The van der Waals surface area contributed by atoms with Crippen molar-refractivity contribution in [1.29, 1.82) is 0 Å². The number of hydrogen-bond donors (Lipinski definition) is 1. The second kappa shape index (κ2) is 8.38. The topological polar surface area (TPSA) is 22.3 Å². The molecular weight excluding hydrogens is 373 g/mol. The molecule has 2 heterocycles. The van der Waals surface area contributed by atoms with Crippen LogP contribution in [0.3, 0.4) is 0 Å². The van der Waals surface area contributed by atoms with Gasteiger partial charge in [-0.15, -0.1) is 0 Å². The molecule has 0 aliphatic carbocycles. The van der Waals surface area contributed by atoms with E-state index in [-0.39, 0.29) is 10.8 Å². The molecule has 1 aromatic heterocycles. The molecule has 0 bridgehead atoms. The molecule has 1 N–H and O–H groups in total. The van der Waals surface area contributed by atoms with E-state index >= 15 is 0 Å². The normalized spacial score (nSPS) is 15.2. The monoisotopic (exact) mass is 397 g/mol. The van der Waals surface area contributed by atoms with E-state index in [1.54, 1.807) is 6.07 Å². The SMILES string of the molecule is Cc1[nH]c(-c2ccccc2)cc1CCN1CCN(c2ccc(F)c(Cl)c2)CC1. The molecule has 0 radical (unpaired) electrons. The summed E-state index contributed by atoms with van der Waals surface area (Å²) in [5.41, 5.74) is 6.04. The van der Waals surface area contributed by atoms with Gasteiger partial charge in [-0.1, -0.05) is 41.9 Å². The Kier molecular flexibility index (Phi) is 5.69. The lowest BCUT2D eigenvalue weighted by Gasteiger charge is -2.36. The molecule has 5 heteroatoms. The minimum Gasteiger partial charge on any atom is -0.369 e. The molecule has 28 heavy (non-hydrogen) atoms. The molecule has 1 saturated heterocycles. The maximum atomic E-state index is 13.4. The van der Waals surface area contributed by atoms with Gasteiger partial charge in [0.15, 0.2) is 0 Å². The van der Waals surface area contributed by atoms with Crippen LogP contribution in [0.25, 0.3) is 11.3 Å². The second-order valence-electron chi connectivity index (χ2n) is 7.38. The fourth-order valence-electron chi connectivity index (χ4n) is 3.82. The summed E-state index contributed by atoms with van der Waals surface area (Å²) in [4.78, 5) is 8.29. The van der Waals surface area contributed by atoms with Gasteiger partial charge in [0, 0.05) is 49.8 Å². The van der Waals surface area contributed by atoms with E-state index in [1.807, 2.05) is 12.1 Å². The first-order valence-corrected chi connectivity index (χ1v) is 10.1. The molecule has 0 unspecified atom stereocenters. The van der Waals surface area contributed by atoms with Gasteiger partial charge in [0.2, 0.25) is 0 Å². The van der Waals surface area contributed by atoms with Gasteiger partial charge in [0.1, 0.15) is 5.82 Å². The van der Waals surface area contributed by atoms with E-state index in [9.17, 15) is 4.39 Å². The average molecular weight is 398 g/mol. The Morgan fingerprint density at radius 1 is 1.00 bits per heavy atom. The highest BCUT2D eigenvalue weighted by molar-refractivity contribution is 6.31. The van der Waals surface area contributed by atoms with Crippen molar-refractivity contribution < 1.29 is 4.39 Å². The van der Waals surface area contributed by atoms with Crippen LogP contribution in [0.4, 0.5) is 10.1 Å². The van der Waals surface area contributed by atoms with Gasteiger partial charge in [-0.2, -0.15) is 0 Å². The number of anilines is 1. The summed E-state index contributed by atoms with van der Waals surface area (Å²) in [6.07, 6.45) is 1.04. The van der Waals surface area contributed by atoms with Gasteiger partial charge in [0.25, 0.3) is 0 Å². The molecule has 4 rings (SSSR count). The zero-order valence-electron chi connectivity index (χ0n) is 16.1. The van der Waals surface area contributed by atoms with Crippen molar-refractivity contribution >= 4 is 17.3 Å². The number of halogens is 2. The van der Waals surface area contributed by atoms with Crippen LogP contribution < -0.4 is 4.90 Å². The van der Waals surface area contributed by atoms with E-state index < -0.39 is 0 Å². The van der Waals surface area contributed by atoms with E-state index in [0.29, 0.717) is 0 Å². The lowest BCUT2D eigenvalue weighted by atomic mass is 10.1. The van der Waals surface area contributed by atoms with Crippen LogP contribution in [0.2, 0.25) is 5.02 Å². The van der Waals surface area contributed by atoms with E-state index in [1.165, 1.54) is 28.6 Å². The Hall–Kier alpha value is -2.30. The predicted molar refractivity (Wildman–Crippen MR) is 115 cm³/mol. The summed E-state index contributed by atoms with van der Waals surface area (Å²) >= 11 is 5.93. The predicted octanol–water partition coefficient (Wildman–Crippen LogP) is 5.15. The highest BCUT2D eigenvalue weighted by atomic mass is 35.5. The zero-order valence-corrected chi connectivity index (χ0v) is 16.8. The smallest absolute Gasteiger partial charge is 0.141 e. The number of rotatable bonds is 5. The maximum Gasteiger partial charge on any atom is 0.141 e. The third-order valence-corrected chi connectivity index (χ3v) is 5.83. The Morgan fingerprint density at radius 3 is 2.46 bits per heavy atom. The van der Waals surface area contributed by atoms with Gasteiger partial charge in [-0.3, -0.25) is 4.90 Å². The molecule has 1 aliphatic rings. The number of aromatic nitrogens is 1. The molecule has 3 nitrogen and oxygen atoms in total. The summed E-state index contributed by atoms with van der Waals surface area (Å²) in [7, 11) is 0. The molecule has 1 fully saturated rings. The van der Waals surface area contributed by atoms with E-state index in [2.05, 4.69) is 52.0 Å². The fraction of sp³-hybridized carbons (Fsp3) is 0.304. The van der Waals surface area contributed by atoms with E-state index in [4.69, 9.17) is 11.6 Å². The molecule has 2 aromatic carbocycles. The van der Waals surface area contributed by atoms with Crippen molar-refractivity contribution in [3.63, 3.8) is 0 Å². The minimum atomic E-state index is -0.360. The van der Waals surface area contributed by atoms with Gasteiger partial charge >= 0.3 is 0 Å². The second-order valence-corrected chi connectivity index (χ2v) is 7.78. The first-order chi connectivity index (χ1) is 13.6. The highest BCUT2D eigenvalue weighted by Gasteiger charge is 2.18. The Bertz CT molecular complexity index is 930. The van der Waals surface area contributed by atoms with Crippen LogP contribution in [-0.2, 0) is 6.42 Å². The number of nitrogens with zero attached hydrogens (tertiary/aromatic N) is 2. The highest BCUT2D eigenvalue weighted by Crippen LogP contribution is 2.24. The Balaban J connectivity index is 1.32. The number of piperazine rings is 1. The van der Waals surface area contributed by atoms with Crippen molar-refractivity contribution in [3.05, 3.63) is 76.7 Å². The summed E-state index contributed by atoms with van der Waals surface area (Å²) in [5.74, 6) is -0.360. The Labute approximate surface area is 170 Å². The van der Waals surface area contributed by atoms with Gasteiger partial charge in [0.05, 0.1) is 5.02 Å². The summed E-state index contributed by atoms with van der Waals surface area (Å²) in [6, 6.07) is 17.7. The number of aryl methyl sites for hydroxylation is 1. The lowest BCUT2D eigenvalue weighted by molar-refractivity contribution is 0.261. The lowest BCUT2D eigenvalue weighted by Crippen LogP contribution is -2.47. The molecule has 1 aliphatic heterocycles. The molecule has 0 saturated carbocycles. The maximum absolute atomic E-state index is 13.4. The van der Waals surface area contributed by atoms with Crippen molar-refractivity contribution in [2.45, 2.75) is 13.3 Å². The summed E-state index contributed by atoms with van der Waals surface area (Å²) in [5, 5.41) is 0.192. The molecule has 0 spiro atoms. The van der Waals surface area contributed by atoms with Crippen molar-refractivity contribution in [1.82, 2.24) is 9.88 Å². The van der Waals surface area contributed by atoms with Crippen LogP contribution in [0.1, 0.15) is 11.3 Å². The van der Waals surface area contributed by atoms with Gasteiger partial charge in [-0.25, -0.2) is 4.39 Å². The number of H-pyrrole nitrogens is 1. The largest absolute Gasteiger partial charge is 0.369 e. The molecule has 0 amide bonds. The van der Waals surface area contributed by atoms with Crippen LogP contribution >= 0.6 is 11.6 Å². The Morgan fingerprint density at radius 2 is 1.75 bits per heavy atom. The number of hydrogen-bond acceptors (Lipinski definition) is 2. The molecule has 146 valence electrons. The van der Waals surface area contributed by atoms with Crippen LogP contribution in [0, 0.1) is 12.7 Å². The molecule has 0 atom stereocenters. The standard InChI is InChI=1S/C23H25ClFN3/c1-17-19(15-23(26-17)18-5-3-2-4-6-18)9-10-27-11-13-28(14-12-27)20-7-8-22(25)21(24)16-20/h2-8,15-16,26H,9-14H2,1H3. The van der Waals surface area contributed by atoms with Crippen LogP contribution in [0.5, 0.6) is 0 Å². The fourth-order valence-corrected chi connectivity index (χ4v) is 4.00. The first-order valence-electron chi connectivity index (χ1n) is 9.76. The minimum absolute atomic E-state index is 0.192. The quantitative estimate of drug-likeness (QED) is 0.643.